The molecule has 0 spiro atoms. The predicted molar refractivity (Wildman–Crippen MR) is 133 cm³/mol. The van der Waals surface area contributed by atoms with Crippen molar-refractivity contribution in [3.8, 4) is 0 Å². The quantitative estimate of drug-likeness (QED) is 0.357. The maximum atomic E-state index is 13.3. The van der Waals surface area contributed by atoms with Gasteiger partial charge in [-0.25, -0.2) is 9.80 Å². The highest BCUT2D eigenvalue weighted by atomic mass is 16.5. The molecule has 0 radical (unpaired) electrons. The highest BCUT2D eigenvalue weighted by Crippen LogP contribution is 2.44. The molecule has 0 bridgehead atoms. The molecule has 1 fully saturated rings. The lowest BCUT2D eigenvalue weighted by atomic mass is 9.79. The van der Waals surface area contributed by atoms with Crippen LogP contribution in [0.1, 0.15) is 47.4 Å². The molecule has 9 heteroatoms. The Balaban J connectivity index is 1.25. The van der Waals surface area contributed by atoms with E-state index in [1.165, 1.54) is 5.01 Å². The zero-order chi connectivity index (χ0) is 25.4. The molecule has 3 aromatic heterocycles. The van der Waals surface area contributed by atoms with E-state index in [1.54, 1.807) is 42.9 Å². The second kappa shape index (κ2) is 9.42. The lowest BCUT2D eigenvalue weighted by molar-refractivity contribution is -0.137. The molecule has 0 saturated heterocycles. The van der Waals surface area contributed by atoms with Crippen LogP contribution in [0.4, 0.5) is 0 Å². The summed E-state index contributed by atoms with van der Waals surface area (Å²) in [5.74, 6) is -0.458. The second-order valence-corrected chi connectivity index (χ2v) is 8.91. The van der Waals surface area contributed by atoms with Crippen molar-refractivity contribution in [2.45, 2.75) is 25.3 Å². The van der Waals surface area contributed by atoms with Crippen LogP contribution in [0.15, 0.2) is 95.8 Å². The summed E-state index contributed by atoms with van der Waals surface area (Å²) in [6.07, 6.45) is 7.66. The van der Waals surface area contributed by atoms with Gasteiger partial charge in [0.2, 0.25) is 5.76 Å². The summed E-state index contributed by atoms with van der Waals surface area (Å²) in [4.78, 5) is 38.3. The maximum Gasteiger partial charge on any atom is 0.374 e. The molecule has 1 amide bonds. The van der Waals surface area contributed by atoms with Gasteiger partial charge in [0.05, 0.1) is 23.6 Å². The first kappa shape index (κ1) is 22.8. The number of amides is 1. The fraction of sp³-hybridized carbons (Fsp3) is 0.214. The van der Waals surface area contributed by atoms with Crippen molar-refractivity contribution in [3.05, 3.63) is 100 Å². The summed E-state index contributed by atoms with van der Waals surface area (Å²) in [6, 6.07) is 14.4. The SMILES string of the molecule is O=C(OCC(=O)N1N=C2/C(=C\c3ccco3)CCCC2C1c1ccco1)c1cc(=O)c2ccccc2o1. The molecule has 4 aromatic rings. The number of fused-ring (bicyclic) bond motifs is 2. The molecule has 6 rings (SSSR count). The first-order chi connectivity index (χ1) is 18.1. The smallest absolute Gasteiger partial charge is 0.374 e. The Morgan fingerprint density at radius 2 is 1.92 bits per heavy atom. The summed E-state index contributed by atoms with van der Waals surface area (Å²) in [7, 11) is 0. The Kier molecular flexibility index (Phi) is 5.80. The van der Waals surface area contributed by atoms with Crippen LogP contribution in [0.3, 0.4) is 0 Å². The van der Waals surface area contributed by atoms with E-state index in [1.807, 2.05) is 24.3 Å². The van der Waals surface area contributed by atoms with Crippen molar-refractivity contribution in [1.82, 2.24) is 5.01 Å². The van der Waals surface area contributed by atoms with Gasteiger partial charge in [0.15, 0.2) is 12.0 Å². The number of carbonyl (C=O) groups is 2. The standard InChI is InChI=1S/C28H22N2O7/c31-21-15-24(37-22-10-2-1-8-19(21)22)28(33)36-16-25(32)30-27(23-11-5-13-35-23)20-9-3-6-17(26(20)29-30)14-18-7-4-12-34-18/h1-2,4-5,7-8,10-15,20,27H,3,6,9,16H2/b17-14-. The molecule has 1 saturated carbocycles. The number of benzene rings is 1. The van der Waals surface area contributed by atoms with Crippen molar-refractivity contribution in [2.75, 3.05) is 6.61 Å². The van der Waals surface area contributed by atoms with Crippen molar-refractivity contribution >= 4 is 34.6 Å². The van der Waals surface area contributed by atoms with Gasteiger partial charge in [-0.1, -0.05) is 12.1 Å². The molecule has 1 aromatic carbocycles. The van der Waals surface area contributed by atoms with E-state index in [-0.39, 0.29) is 22.7 Å². The highest BCUT2D eigenvalue weighted by molar-refractivity contribution is 6.08. The first-order valence-corrected chi connectivity index (χ1v) is 12.0. The van der Waals surface area contributed by atoms with Crippen LogP contribution in [-0.2, 0) is 9.53 Å². The van der Waals surface area contributed by atoms with Gasteiger partial charge in [-0.15, -0.1) is 0 Å². The number of rotatable bonds is 5. The van der Waals surface area contributed by atoms with Crippen LogP contribution in [-0.4, -0.2) is 29.2 Å². The third-order valence-electron chi connectivity index (χ3n) is 6.61. The minimum Gasteiger partial charge on any atom is -0.467 e. The first-order valence-electron chi connectivity index (χ1n) is 12.0. The van der Waals surface area contributed by atoms with Crippen LogP contribution >= 0.6 is 0 Å². The van der Waals surface area contributed by atoms with E-state index in [9.17, 15) is 14.4 Å². The summed E-state index contributed by atoms with van der Waals surface area (Å²) < 4.78 is 21.9. The van der Waals surface area contributed by atoms with Gasteiger partial charge in [0.25, 0.3) is 5.91 Å². The van der Waals surface area contributed by atoms with Crippen molar-refractivity contribution in [1.29, 1.82) is 0 Å². The normalized spacial score (nSPS) is 20.2. The van der Waals surface area contributed by atoms with Gasteiger partial charge >= 0.3 is 5.97 Å². The van der Waals surface area contributed by atoms with Crippen LogP contribution < -0.4 is 5.43 Å². The second-order valence-electron chi connectivity index (χ2n) is 8.91. The summed E-state index contributed by atoms with van der Waals surface area (Å²) in [6.45, 7) is -0.576. The van der Waals surface area contributed by atoms with Crippen LogP contribution in [0.5, 0.6) is 0 Å². The number of hydrogen-bond donors (Lipinski definition) is 0. The maximum absolute atomic E-state index is 13.3. The minimum atomic E-state index is -0.909. The van der Waals surface area contributed by atoms with Crippen LogP contribution in [0.25, 0.3) is 17.0 Å². The molecular weight excluding hydrogens is 476 g/mol. The number of hydrogen-bond acceptors (Lipinski definition) is 8. The Labute approximate surface area is 210 Å². The third-order valence-corrected chi connectivity index (χ3v) is 6.61. The zero-order valence-electron chi connectivity index (χ0n) is 19.7. The van der Waals surface area contributed by atoms with Crippen LogP contribution in [0, 0.1) is 5.92 Å². The molecule has 2 atom stereocenters. The number of hydrazone groups is 1. The topological polar surface area (TPSA) is 115 Å². The Morgan fingerprint density at radius 1 is 1.08 bits per heavy atom. The van der Waals surface area contributed by atoms with E-state index in [4.69, 9.17) is 18.0 Å². The molecule has 2 aliphatic rings. The number of furan rings is 2. The van der Waals surface area contributed by atoms with Gasteiger partial charge in [0, 0.05) is 12.0 Å². The van der Waals surface area contributed by atoms with E-state index in [2.05, 4.69) is 5.10 Å². The average Bonchev–Trinajstić information content (AvgIpc) is 3.68. The molecule has 1 aliphatic heterocycles. The Bertz CT molecular complexity index is 1580. The Hall–Kier alpha value is -4.66. The zero-order valence-corrected chi connectivity index (χ0v) is 19.7. The summed E-state index contributed by atoms with van der Waals surface area (Å²) in [5, 5.41) is 6.37. The van der Waals surface area contributed by atoms with Gasteiger partial charge in [0.1, 0.15) is 23.1 Å². The fourth-order valence-electron chi connectivity index (χ4n) is 4.96. The predicted octanol–water partition coefficient (Wildman–Crippen LogP) is 4.96. The van der Waals surface area contributed by atoms with Gasteiger partial charge in [-0.05, 0) is 67.3 Å². The third kappa shape index (κ3) is 4.29. The largest absolute Gasteiger partial charge is 0.467 e. The molecule has 37 heavy (non-hydrogen) atoms. The number of para-hydroxylation sites is 1. The summed E-state index contributed by atoms with van der Waals surface area (Å²) in [5.41, 5.74) is 1.68. The van der Waals surface area contributed by atoms with Crippen molar-refractivity contribution in [3.63, 3.8) is 0 Å². The van der Waals surface area contributed by atoms with Gasteiger partial charge < -0.3 is 18.0 Å². The molecule has 4 heterocycles. The van der Waals surface area contributed by atoms with Crippen molar-refractivity contribution < 1.29 is 27.6 Å². The lowest BCUT2D eigenvalue weighted by Gasteiger charge is -2.27. The van der Waals surface area contributed by atoms with E-state index < -0.39 is 24.5 Å². The average molecular weight is 498 g/mol. The number of allylic oxidation sites excluding steroid dienone is 1. The number of ether oxygens (including phenoxy) is 1. The Morgan fingerprint density at radius 3 is 2.73 bits per heavy atom. The van der Waals surface area contributed by atoms with Gasteiger partial charge in [-0.3, -0.25) is 9.59 Å². The highest BCUT2D eigenvalue weighted by Gasteiger charge is 2.45. The lowest BCUT2D eigenvalue weighted by Crippen LogP contribution is -2.34. The van der Waals surface area contributed by atoms with Gasteiger partial charge in [-0.2, -0.15) is 5.10 Å². The van der Waals surface area contributed by atoms with E-state index in [0.717, 1.165) is 36.6 Å². The molecule has 9 nitrogen and oxygen atoms in total. The monoisotopic (exact) mass is 498 g/mol. The minimum absolute atomic E-state index is 0.0701. The fourth-order valence-corrected chi connectivity index (χ4v) is 4.96. The van der Waals surface area contributed by atoms with E-state index >= 15 is 0 Å². The number of carbonyl (C=O) groups excluding carboxylic acids is 2. The molecule has 1 aliphatic carbocycles. The number of nitrogens with zero attached hydrogens (tertiary/aromatic N) is 2. The molecule has 2 unspecified atom stereocenters. The van der Waals surface area contributed by atoms with E-state index in [0.29, 0.717) is 16.9 Å². The summed E-state index contributed by atoms with van der Waals surface area (Å²) >= 11 is 0. The molecule has 0 N–H and O–H groups in total. The molecular formula is C28H22N2O7. The van der Waals surface area contributed by atoms with Crippen molar-refractivity contribution in [2.24, 2.45) is 11.0 Å². The van der Waals surface area contributed by atoms with Crippen LogP contribution in [0.2, 0.25) is 0 Å². The molecule has 186 valence electrons. The number of esters is 1.